The number of hydrogen-bond acceptors (Lipinski definition) is 3. The molecule has 0 radical (unpaired) electrons. The molecule has 0 aromatic carbocycles. The van der Waals surface area contributed by atoms with Crippen LogP contribution < -0.4 is 5.32 Å². The van der Waals surface area contributed by atoms with Crippen LogP contribution in [0.2, 0.25) is 0 Å². The molecule has 1 rings (SSSR count). The molecule has 0 aromatic rings. The standard InChI is InChI=1S/C17H33FN2O2/c1-6-17(18,9-10-19-5)13-14-7-11-20(12-8-14)15(21)22-16(2,3)4/h14,19H,6-13H2,1-5H3. The number of likely N-dealkylation sites (tertiary alicyclic amines) is 1. The smallest absolute Gasteiger partial charge is 0.410 e. The number of alkyl halides is 1. The van der Waals surface area contributed by atoms with E-state index in [4.69, 9.17) is 4.74 Å². The molecule has 1 atom stereocenters. The zero-order chi connectivity index (χ0) is 16.8. The number of ether oxygens (including phenoxy) is 1. The van der Waals surface area contributed by atoms with Crippen LogP contribution in [0.15, 0.2) is 0 Å². The molecule has 0 spiro atoms. The van der Waals surface area contributed by atoms with Crippen LogP contribution in [0.25, 0.3) is 0 Å². The summed E-state index contributed by atoms with van der Waals surface area (Å²) in [6.07, 6.45) is 3.21. The van der Waals surface area contributed by atoms with Crippen LogP contribution in [-0.4, -0.2) is 48.9 Å². The van der Waals surface area contributed by atoms with Gasteiger partial charge in [0.15, 0.2) is 0 Å². The number of hydrogen-bond donors (Lipinski definition) is 1. The lowest BCUT2D eigenvalue weighted by atomic mass is 9.82. The molecule has 130 valence electrons. The second-order valence-electron chi connectivity index (χ2n) is 7.47. The maximum atomic E-state index is 14.8. The molecule has 0 aliphatic carbocycles. The first-order valence-electron chi connectivity index (χ1n) is 8.50. The lowest BCUT2D eigenvalue weighted by Gasteiger charge is -2.36. The third kappa shape index (κ3) is 6.51. The number of nitrogens with zero attached hydrogens (tertiary/aromatic N) is 1. The van der Waals surface area contributed by atoms with E-state index in [1.807, 2.05) is 34.7 Å². The molecule has 1 heterocycles. The number of piperidine rings is 1. The molecule has 1 aliphatic heterocycles. The molecule has 1 amide bonds. The van der Waals surface area contributed by atoms with E-state index in [0.717, 1.165) is 12.8 Å². The van der Waals surface area contributed by atoms with Gasteiger partial charge in [0.25, 0.3) is 0 Å². The first kappa shape index (κ1) is 19.2. The predicted molar refractivity (Wildman–Crippen MR) is 87.8 cm³/mol. The summed E-state index contributed by atoms with van der Waals surface area (Å²) in [6.45, 7) is 9.59. The normalized spacial score (nSPS) is 19.8. The van der Waals surface area contributed by atoms with E-state index < -0.39 is 11.3 Å². The molecule has 1 fully saturated rings. The van der Waals surface area contributed by atoms with E-state index in [1.54, 1.807) is 4.90 Å². The fourth-order valence-electron chi connectivity index (χ4n) is 2.94. The summed E-state index contributed by atoms with van der Waals surface area (Å²) in [7, 11) is 1.86. The summed E-state index contributed by atoms with van der Waals surface area (Å²) < 4.78 is 20.2. The quantitative estimate of drug-likeness (QED) is 0.811. The van der Waals surface area contributed by atoms with Crippen molar-refractivity contribution in [1.82, 2.24) is 10.2 Å². The van der Waals surface area contributed by atoms with E-state index in [1.165, 1.54) is 0 Å². The Balaban J connectivity index is 2.43. The van der Waals surface area contributed by atoms with Gasteiger partial charge in [0.1, 0.15) is 11.3 Å². The Morgan fingerprint density at radius 3 is 2.36 bits per heavy atom. The highest BCUT2D eigenvalue weighted by Gasteiger charge is 2.33. The number of carbonyl (C=O) groups is 1. The summed E-state index contributed by atoms with van der Waals surface area (Å²) in [5, 5.41) is 3.03. The molecular formula is C17H33FN2O2. The third-order valence-electron chi connectivity index (χ3n) is 4.38. The van der Waals surface area contributed by atoms with E-state index in [0.29, 0.717) is 44.8 Å². The van der Waals surface area contributed by atoms with E-state index in [9.17, 15) is 9.18 Å². The molecule has 0 saturated carbocycles. The van der Waals surface area contributed by atoms with Gasteiger partial charge in [-0.25, -0.2) is 9.18 Å². The van der Waals surface area contributed by atoms with Crippen LogP contribution in [0.1, 0.15) is 59.8 Å². The molecule has 1 N–H and O–H groups in total. The monoisotopic (exact) mass is 316 g/mol. The molecule has 0 aromatic heterocycles. The SMILES string of the molecule is CCC(F)(CCNC)CC1CCN(C(=O)OC(C)(C)C)CC1. The van der Waals surface area contributed by atoms with Crippen molar-refractivity contribution in [3.8, 4) is 0 Å². The van der Waals surface area contributed by atoms with E-state index in [-0.39, 0.29) is 6.09 Å². The molecule has 1 unspecified atom stereocenters. The number of nitrogens with one attached hydrogen (secondary N) is 1. The fraction of sp³-hybridized carbons (Fsp3) is 0.941. The summed E-state index contributed by atoms with van der Waals surface area (Å²) >= 11 is 0. The van der Waals surface area contributed by atoms with Crippen molar-refractivity contribution in [3.05, 3.63) is 0 Å². The topological polar surface area (TPSA) is 41.6 Å². The zero-order valence-electron chi connectivity index (χ0n) is 14.9. The molecule has 0 bridgehead atoms. The second kappa shape index (κ2) is 8.14. The average Bonchev–Trinajstić information content (AvgIpc) is 2.44. The second-order valence-corrected chi connectivity index (χ2v) is 7.47. The highest BCUT2D eigenvalue weighted by atomic mass is 19.1. The number of amides is 1. The van der Waals surface area contributed by atoms with Gasteiger partial charge in [0, 0.05) is 13.1 Å². The molecule has 1 saturated heterocycles. The van der Waals surface area contributed by atoms with Gasteiger partial charge in [-0.3, -0.25) is 0 Å². The Labute approximate surface area is 134 Å². The number of carbonyl (C=O) groups excluding carboxylic acids is 1. The van der Waals surface area contributed by atoms with Gasteiger partial charge < -0.3 is 15.0 Å². The Bertz CT molecular complexity index is 349. The van der Waals surface area contributed by atoms with Crippen LogP contribution in [0.4, 0.5) is 9.18 Å². The minimum absolute atomic E-state index is 0.247. The van der Waals surface area contributed by atoms with Crippen LogP contribution in [0, 0.1) is 5.92 Å². The Morgan fingerprint density at radius 2 is 1.91 bits per heavy atom. The van der Waals surface area contributed by atoms with Crippen molar-refractivity contribution in [2.45, 2.75) is 71.1 Å². The maximum Gasteiger partial charge on any atom is 0.410 e. The largest absolute Gasteiger partial charge is 0.444 e. The predicted octanol–water partition coefficient (Wildman–Crippen LogP) is 3.75. The first-order chi connectivity index (χ1) is 10.2. The van der Waals surface area contributed by atoms with Crippen LogP contribution in [0.5, 0.6) is 0 Å². The van der Waals surface area contributed by atoms with Gasteiger partial charge in [-0.15, -0.1) is 0 Å². The summed E-state index contributed by atoms with van der Waals surface area (Å²) in [5.74, 6) is 0.362. The van der Waals surface area contributed by atoms with Gasteiger partial charge >= 0.3 is 6.09 Å². The van der Waals surface area contributed by atoms with Crippen molar-refractivity contribution in [2.24, 2.45) is 5.92 Å². The Kier molecular flexibility index (Phi) is 7.10. The van der Waals surface area contributed by atoms with Crippen LogP contribution >= 0.6 is 0 Å². The van der Waals surface area contributed by atoms with E-state index in [2.05, 4.69) is 5.32 Å². The number of rotatable bonds is 6. The lowest BCUT2D eigenvalue weighted by molar-refractivity contribution is 0.0143. The maximum absolute atomic E-state index is 14.8. The molecular weight excluding hydrogens is 283 g/mol. The van der Waals surface area contributed by atoms with Crippen molar-refractivity contribution in [1.29, 1.82) is 0 Å². The summed E-state index contributed by atoms with van der Waals surface area (Å²) in [4.78, 5) is 13.8. The van der Waals surface area contributed by atoms with Gasteiger partial charge in [-0.05, 0) is 72.4 Å². The summed E-state index contributed by atoms with van der Waals surface area (Å²) in [5.41, 5.74) is -1.54. The van der Waals surface area contributed by atoms with Crippen molar-refractivity contribution in [3.63, 3.8) is 0 Å². The lowest BCUT2D eigenvalue weighted by Crippen LogP contribution is -2.43. The highest BCUT2D eigenvalue weighted by molar-refractivity contribution is 5.68. The Hall–Kier alpha value is -0.840. The minimum atomic E-state index is -1.08. The van der Waals surface area contributed by atoms with Gasteiger partial charge in [-0.2, -0.15) is 0 Å². The van der Waals surface area contributed by atoms with E-state index >= 15 is 0 Å². The zero-order valence-corrected chi connectivity index (χ0v) is 14.9. The fourth-order valence-corrected chi connectivity index (χ4v) is 2.94. The average molecular weight is 316 g/mol. The van der Waals surface area contributed by atoms with Crippen molar-refractivity contribution < 1.29 is 13.9 Å². The summed E-state index contributed by atoms with van der Waals surface area (Å²) in [6, 6.07) is 0. The molecule has 5 heteroatoms. The first-order valence-corrected chi connectivity index (χ1v) is 8.50. The molecule has 22 heavy (non-hydrogen) atoms. The molecule has 4 nitrogen and oxygen atoms in total. The van der Waals surface area contributed by atoms with Gasteiger partial charge in [0.2, 0.25) is 0 Å². The minimum Gasteiger partial charge on any atom is -0.444 e. The van der Waals surface area contributed by atoms with Gasteiger partial charge in [0.05, 0.1) is 0 Å². The van der Waals surface area contributed by atoms with Gasteiger partial charge in [-0.1, -0.05) is 6.92 Å². The Morgan fingerprint density at radius 1 is 1.32 bits per heavy atom. The third-order valence-corrected chi connectivity index (χ3v) is 4.38. The van der Waals surface area contributed by atoms with Crippen LogP contribution in [0.3, 0.4) is 0 Å². The molecule has 1 aliphatic rings. The number of halogens is 1. The van der Waals surface area contributed by atoms with Crippen LogP contribution in [-0.2, 0) is 4.74 Å². The highest BCUT2D eigenvalue weighted by Crippen LogP contribution is 2.33. The van der Waals surface area contributed by atoms with Crippen molar-refractivity contribution in [2.75, 3.05) is 26.7 Å². The van der Waals surface area contributed by atoms with Crippen molar-refractivity contribution >= 4 is 6.09 Å².